The standard InChI is InChI=1S/C26H22BrN3O3/c1-16-5-4-6-20(13-16)25-28-24(29-30(25)22-14-17(2)7-8-18(22)3)26(32)33-15-23(31)19-9-11-21(27)12-10-19/h4-14H,15H2,1-3H3. The fourth-order valence-electron chi connectivity index (χ4n) is 3.40. The van der Waals surface area contributed by atoms with E-state index >= 15 is 0 Å². The van der Waals surface area contributed by atoms with Gasteiger partial charge < -0.3 is 4.74 Å². The van der Waals surface area contributed by atoms with E-state index in [4.69, 9.17) is 4.74 Å². The van der Waals surface area contributed by atoms with Gasteiger partial charge in [-0.3, -0.25) is 4.79 Å². The average Bonchev–Trinajstić information content (AvgIpc) is 3.25. The van der Waals surface area contributed by atoms with Gasteiger partial charge in [0.2, 0.25) is 0 Å². The van der Waals surface area contributed by atoms with Gasteiger partial charge in [-0.1, -0.05) is 64.0 Å². The largest absolute Gasteiger partial charge is 0.451 e. The normalized spacial score (nSPS) is 10.8. The quantitative estimate of drug-likeness (QED) is 0.250. The first-order valence-electron chi connectivity index (χ1n) is 10.4. The van der Waals surface area contributed by atoms with Gasteiger partial charge in [0.25, 0.3) is 5.82 Å². The molecule has 0 bridgehead atoms. The first-order chi connectivity index (χ1) is 15.8. The molecule has 4 aromatic rings. The summed E-state index contributed by atoms with van der Waals surface area (Å²) in [5.41, 5.74) is 5.22. The molecule has 0 aliphatic carbocycles. The molecule has 33 heavy (non-hydrogen) atoms. The number of hydrogen-bond acceptors (Lipinski definition) is 5. The summed E-state index contributed by atoms with van der Waals surface area (Å²) in [6.07, 6.45) is 0. The summed E-state index contributed by atoms with van der Waals surface area (Å²) in [4.78, 5) is 29.6. The molecule has 3 aromatic carbocycles. The Morgan fingerprint density at radius 1 is 0.939 bits per heavy atom. The van der Waals surface area contributed by atoms with Gasteiger partial charge in [-0.2, -0.15) is 0 Å². The third-order valence-corrected chi connectivity index (χ3v) is 5.69. The Balaban J connectivity index is 1.66. The van der Waals surface area contributed by atoms with E-state index < -0.39 is 12.6 Å². The zero-order valence-corrected chi connectivity index (χ0v) is 20.1. The van der Waals surface area contributed by atoms with E-state index in [9.17, 15) is 9.59 Å². The Labute approximate surface area is 200 Å². The summed E-state index contributed by atoms with van der Waals surface area (Å²) < 4.78 is 7.77. The Morgan fingerprint density at radius 3 is 2.39 bits per heavy atom. The number of nitrogens with zero attached hydrogens (tertiary/aromatic N) is 3. The minimum Gasteiger partial charge on any atom is -0.451 e. The van der Waals surface area contributed by atoms with Crippen molar-refractivity contribution < 1.29 is 14.3 Å². The molecule has 1 heterocycles. The van der Waals surface area contributed by atoms with Gasteiger partial charge in [-0.05, 0) is 56.2 Å². The average molecular weight is 504 g/mol. The maximum Gasteiger partial charge on any atom is 0.378 e. The van der Waals surface area contributed by atoms with Crippen LogP contribution in [0, 0.1) is 20.8 Å². The zero-order valence-electron chi connectivity index (χ0n) is 18.5. The molecule has 0 saturated carbocycles. The summed E-state index contributed by atoms with van der Waals surface area (Å²) in [5.74, 6) is -0.628. The number of aromatic nitrogens is 3. The highest BCUT2D eigenvalue weighted by Gasteiger charge is 2.22. The molecule has 0 atom stereocenters. The van der Waals surface area contributed by atoms with Crippen molar-refractivity contribution in [2.45, 2.75) is 20.8 Å². The molecule has 4 rings (SSSR count). The van der Waals surface area contributed by atoms with E-state index in [0.29, 0.717) is 11.4 Å². The van der Waals surface area contributed by atoms with Gasteiger partial charge in [-0.15, -0.1) is 5.10 Å². The summed E-state index contributed by atoms with van der Waals surface area (Å²) in [7, 11) is 0. The fraction of sp³-hybridized carbons (Fsp3) is 0.154. The molecule has 0 aliphatic heterocycles. The molecule has 1 aromatic heterocycles. The van der Waals surface area contributed by atoms with Crippen molar-refractivity contribution in [3.8, 4) is 17.1 Å². The Morgan fingerprint density at radius 2 is 1.67 bits per heavy atom. The Kier molecular flexibility index (Phi) is 6.51. The summed E-state index contributed by atoms with van der Waals surface area (Å²) >= 11 is 3.33. The van der Waals surface area contributed by atoms with Crippen molar-refractivity contribution in [1.82, 2.24) is 14.8 Å². The zero-order chi connectivity index (χ0) is 23.5. The van der Waals surface area contributed by atoms with Crippen LogP contribution in [0.15, 0.2) is 71.2 Å². The van der Waals surface area contributed by atoms with E-state index in [2.05, 4.69) is 26.0 Å². The van der Waals surface area contributed by atoms with E-state index in [0.717, 1.165) is 32.4 Å². The first-order valence-corrected chi connectivity index (χ1v) is 11.2. The highest BCUT2D eigenvalue weighted by molar-refractivity contribution is 9.10. The SMILES string of the molecule is Cc1cccc(-c2nc(C(=O)OCC(=O)c3ccc(Br)cc3)nn2-c2cc(C)ccc2C)c1. The predicted octanol–water partition coefficient (Wildman–Crippen LogP) is 5.66. The molecule has 6 nitrogen and oxygen atoms in total. The smallest absolute Gasteiger partial charge is 0.378 e. The monoisotopic (exact) mass is 503 g/mol. The number of benzene rings is 3. The van der Waals surface area contributed by atoms with E-state index in [1.165, 1.54) is 0 Å². The number of ether oxygens (including phenoxy) is 1. The van der Waals surface area contributed by atoms with Gasteiger partial charge in [0.05, 0.1) is 5.69 Å². The molecule has 166 valence electrons. The molecule has 0 amide bonds. The molecule has 0 fully saturated rings. The van der Waals surface area contributed by atoms with Crippen molar-refractivity contribution in [2.24, 2.45) is 0 Å². The van der Waals surface area contributed by atoms with Crippen molar-refractivity contribution in [2.75, 3.05) is 6.61 Å². The van der Waals surface area contributed by atoms with Crippen LogP contribution in [0.5, 0.6) is 0 Å². The molecular weight excluding hydrogens is 482 g/mol. The van der Waals surface area contributed by atoms with Gasteiger partial charge in [0.15, 0.2) is 18.2 Å². The maximum absolute atomic E-state index is 12.8. The number of hydrogen-bond donors (Lipinski definition) is 0. The first kappa shape index (κ1) is 22.6. The van der Waals surface area contributed by atoms with Gasteiger partial charge >= 0.3 is 5.97 Å². The van der Waals surface area contributed by atoms with Crippen molar-refractivity contribution >= 4 is 27.7 Å². The summed E-state index contributed by atoms with van der Waals surface area (Å²) in [6, 6.07) is 20.7. The molecule has 0 radical (unpaired) electrons. The van der Waals surface area contributed by atoms with E-state index in [1.807, 2.05) is 63.2 Å². The van der Waals surface area contributed by atoms with Crippen LogP contribution in [-0.2, 0) is 4.74 Å². The molecule has 0 unspecified atom stereocenters. The fourth-order valence-corrected chi connectivity index (χ4v) is 3.66. The Hall–Kier alpha value is -3.58. The van der Waals surface area contributed by atoms with Crippen LogP contribution < -0.4 is 0 Å². The number of halogens is 1. The second-order valence-electron chi connectivity index (χ2n) is 7.84. The number of carbonyl (C=O) groups is 2. The van der Waals surface area contributed by atoms with Crippen LogP contribution in [0.4, 0.5) is 0 Å². The van der Waals surface area contributed by atoms with Crippen LogP contribution in [0.2, 0.25) is 0 Å². The number of aryl methyl sites for hydroxylation is 3. The number of Topliss-reactive ketones (excluding diaryl/α,β-unsaturated/α-hetero) is 1. The number of carbonyl (C=O) groups excluding carboxylic acids is 2. The molecule has 0 N–H and O–H groups in total. The van der Waals surface area contributed by atoms with Crippen molar-refractivity contribution in [3.05, 3.63) is 99.3 Å². The minimum atomic E-state index is -0.751. The molecular formula is C26H22BrN3O3. The Bertz CT molecular complexity index is 1340. The van der Waals surface area contributed by atoms with E-state index in [-0.39, 0.29) is 11.6 Å². The second kappa shape index (κ2) is 9.50. The highest BCUT2D eigenvalue weighted by Crippen LogP contribution is 2.25. The second-order valence-corrected chi connectivity index (χ2v) is 8.75. The van der Waals surface area contributed by atoms with Crippen LogP contribution in [-0.4, -0.2) is 33.1 Å². The topological polar surface area (TPSA) is 74.1 Å². The lowest BCUT2D eigenvalue weighted by Gasteiger charge is -2.10. The van der Waals surface area contributed by atoms with Crippen LogP contribution in [0.3, 0.4) is 0 Å². The lowest BCUT2D eigenvalue weighted by Crippen LogP contribution is -2.15. The summed E-state index contributed by atoms with van der Waals surface area (Å²) in [6.45, 7) is 5.57. The van der Waals surface area contributed by atoms with Gasteiger partial charge in [0.1, 0.15) is 0 Å². The molecule has 0 aliphatic rings. The third kappa shape index (κ3) is 5.09. The molecule has 0 saturated heterocycles. The lowest BCUT2D eigenvalue weighted by atomic mass is 10.1. The van der Waals surface area contributed by atoms with Gasteiger partial charge in [-0.25, -0.2) is 14.5 Å². The number of rotatable bonds is 6. The molecule has 7 heteroatoms. The van der Waals surface area contributed by atoms with Gasteiger partial charge in [0, 0.05) is 15.6 Å². The van der Waals surface area contributed by atoms with Crippen LogP contribution in [0.25, 0.3) is 17.1 Å². The highest BCUT2D eigenvalue weighted by atomic mass is 79.9. The predicted molar refractivity (Wildman–Crippen MR) is 130 cm³/mol. The van der Waals surface area contributed by atoms with Crippen LogP contribution in [0.1, 0.15) is 37.7 Å². The summed E-state index contributed by atoms with van der Waals surface area (Å²) in [5, 5.41) is 4.46. The van der Waals surface area contributed by atoms with Crippen molar-refractivity contribution in [1.29, 1.82) is 0 Å². The number of ketones is 1. The molecule has 0 spiro atoms. The number of esters is 1. The van der Waals surface area contributed by atoms with E-state index in [1.54, 1.807) is 28.9 Å². The van der Waals surface area contributed by atoms with Crippen molar-refractivity contribution in [3.63, 3.8) is 0 Å². The third-order valence-electron chi connectivity index (χ3n) is 5.16. The maximum atomic E-state index is 12.8. The lowest BCUT2D eigenvalue weighted by molar-refractivity contribution is 0.0462. The van der Waals surface area contributed by atoms with Crippen LogP contribution >= 0.6 is 15.9 Å². The minimum absolute atomic E-state index is 0.101.